The standard InChI is InChI=1S/C17H25N3O2.C16H15NO.C7H16.C6H13NO2S.C2H4.CH4/c1-12(2)16(21)15(13-7-5-4-6-8-13)20(3)17(22)14-11-18-9-10-19-14;1-11(2)18-17-16-14-9-5-3-7-12(14)13-8-4-6-10-15(13)16;1-6(2)7(3,4)5;1-5(2)7-10(8,9)6-3-4-6;1-2;/h9-13,15H,4-8H2,1-3H3;3-11H,1-2H3;6H,1-5H3;5-7H,3-4H2,1-2H3;1-2H2;1H4/t15-;;;;;/m0...../s1. The van der Waals surface area contributed by atoms with Gasteiger partial charge in [0.25, 0.3) is 5.91 Å². The largest absolute Gasteiger partial charge is 0.393 e. The van der Waals surface area contributed by atoms with Crippen LogP contribution in [0.5, 0.6) is 0 Å². The fourth-order valence-corrected chi connectivity index (χ4v) is 7.91. The van der Waals surface area contributed by atoms with E-state index in [9.17, 15) is 18.0 Å². The molecule has 3 aliphatic carbocycles. The van der Waals surface area contributed by atoms with Gasteiger partial charge in [-0.2, -0.15) is 0 Å². The van der Waals surface area contributed by atoms with Crippen molar-refractivity contribution in [3.8, 4) is 11.1 Å². The van der Waals surface area contributed by atoms with E-state index < -0.39 is 10.0 Å². The molecular weight excluding hydrogens is 771 g/mol. The lowest BCUT2D eigenvalue weighted by atomic mass is 9.79. The zero-order chi connectivity index (χ0) is 44.5. The number of nitrogens with zero attached hydrogens (tertiary/aromatic N) is 4. The number of carbonyl (C=O) groups is 2. The van der Waals surface area contributed by atoms with E-state index in [-0.39, 0.29) is 54.4 Å². The predicted octanol–water partition coefficient (Wildman–Crippen LogP) is 11.2. The number of hydrogen-bond acceptors (Lipinski definition) is 8. The average molecular weight is 848 g/mol. The smallest absolute Gasteiger partial charge is 0.274 e. The van der Waals surface area contributed by atoms with Gasteiger partial charge in [0, 0.05) is 42.5 Å². The molecule has 334 valence electrons. The summed E-state index contributed by atoms with van der Waals surface area (Å²) in [5.41, 5.74) is 6.51. The molecule has 1 N–H and O–H groups in total. The molecule has 1 heterocycles. The molecule has 3 aromatic rings. The molecule has 0 saturated heterocycles. The van der Waals surface area contributed by atoms with E-state index in [4.69, 9.17) is 4.84 Å². The van der Waals surface area contributed by atoms with Gasteiger partial charge in [-0.15, -0.1) is 13.2 Å². The number of benzene rings is 2. The Balaban J connectivity index is 0.000000424. The fourth-order valence-electron chi connectivity index (χ4n) is 6.30. The van der Waals surface area contributed by atoms with E-state index in [2.05, 4.69) is 104 Å². The Morgan fingerprint density at radius 2 is 1.30 bits per heavy atom. The number of sulfonamides is 1. The first-order valence-corrected chi connectivity index (χ1v) is 22.8. The lowest BCUT2D eigenvalue weighted by Crippen LogP contribution is -2.49. The minimum Gasteiger partial charge on any atom is -0.393 e. The van der Waals surface area contributed by atoms with Gasteiger partial charge in [-0.05, 0) is 81.8 Å². The SMILES string of the molecule is C.C=C.CC(C)C(=O)[C@H](C1CCCCC1)N(C)C(=O)c1cnccn1.CC(C)C(C)(C)C.CC(C)NS(=O)(=O)C1CC1.CC(C)ON=C1c2ccccc2-c2ccccc21. The highest BCUT2D eigenvalue weighted by Crippen LogP contribution is 2.37. The second kappa shape index (κ2) is 25.5. The van der Waals surface area contributed by atoms with Gasteiger partial charge in [-0.1, -0.05) is 129 Å². The van der Waals surface area contributed by atoms with Crippen molar-refractivity contribution < 1.29 is 22.8 Å². The van der Waals surface area contributed by atoms with Gasteiger partial charge >= 0.3 is 0 Å². The van der Waals surface area contributed by atoms with Crippen LogP contribution in [0.15, 0.2) is 85.4 Å². The summed E-state index contributed by atoms with van der Waals surface area (Å²) in [6.45, 7) is 28.7. The molecule has 0 bridgehead atoms. The summed E-state index contributed by atoms with van der Waals surface area (Å²) in [5, 5.41) is 4.23. The van der Waals surface area contributed by atoms with E-state index in [1.165, 1.54) is 36.1 Å². The van der Waals surface area contributed by atoms with Crippen molar-refractivity contribution in [1.29, 1.82) is 0 Å². The zero-order valence-electron chi connectivity index (χ0n) is 38.0. The van der Waals surface area contributed by atoms with Crippen LogP contribution in [-0.2, 0) is 19.7 Å². The lowest BCUT2D eigenvalue weighted by Gasteiger charge is -2.36. The first-order chi connectivity index (χ1) is 27.8. The number of ketones is 1. The van der Waals surface area contributed by atoms with Crippen LogP contribution in [0.25, 0.3) is 11.1 Å². The number of likely N-dealkylation sites (N-methyl/N-ethyl adjacent to an activating group) is 1. The number of oxime groups is 1. The second-order valence-corrected chi connectivity index (χ2v) is 19.6. The number of Topliss-reactive ketones (excluding diaryl/α,β-unsaturated/α-hetero) is 1. The molecular formula is C49H77N5O5S. The molecule has 6 rings (SSSR count). The Bertz CT molecular complexity index is 1830. The summed E-state index contributed by atoms with van der Waals surface area (Å²) in [5.74, 6) is 0.898. The normalized spacial score (nSPS) is 14.9. The molecule has 2 aromatic carbocycles. The maximum atomic E-state index is 12.7. The summed E-state index contributed by atoms with van der Waals surface area (Å²) >= 11 is 0. The Morgan fingerprint density at radius 1 is 0.817 bits per heavy atom. The third-order valence-electron chi connectivity index (χ3n) is 10.6. The van der Waals surface area contributed by atoms with E-state index in [1.54, 1.807) is 11.9 Å². The van der Waals surface area contributed by atoms with Gasteiger partial charge in [0.2, 0.25) is 10.0 Å². The predicted molar refractivity (Wildman–Crippen MR) is 251 cm³/mol. The topological polar surface area (TPSA) is 131 Å². The van der Waals surface area contributed by atoms with E-state index >= 15 is 0 Å². The molecule has 0 unspecified atom stereocenters. The van der Waals surface area contributed by atoms with Crippen molar-refractivity contribution in [2.45, 2.75) is 152 Å². The monoisotopic (exact) mass is 848 g/mol. The molecule has 1 atom stereocenters. The molecule has 0 radical (unpaired) electrons. The molecule has 60 heavy (non-hydrogen) atoms. The van der Waals surface area contributed by atoms with Crippen LogP contribution >= 0.6 is 0 Å². The summed E-state index contributed by atoms with van der Waals surface area (Å²) in [4.78, 5) is 40.3. The number of aromatic nitrogens is 2. The molecule has 1 aromatic heterocycles. The van der Waals surface area contributed by atoms with Crippen LogP contribution in [0.1, 0.15) is 150 Å². The van der Waals surface area contributed by atoms with Crippen molar-refractivity contribution in [2.24, 2.45) is 28.3 Å². The summed E-state index contributed by atoms with van der Waals surface area (Å²) in [6.07, 6.45) is 11.8. The number of carbonyl (C=O) groups excluding carboxylic acids is 2. The van der Waals surface area contributed by atoms with E-state index in [0.29, 0.717) is 11.1 Å². The van der Waals surface area contributed by atoms with Crippen LogP contribution < -0.4 is 4.72 Å². The zero-order valence-corrected chi connectivity index (χ0v) is 38.8. The molecule has 3 aliphatic rings. The Labute approximate surface area is 364 Å². The van der Waals surface area contributed by atoms with Gasteiger partial charge < -0.3 is 9.74 Å². The van der Waals surface area contributed by atoms with Crippen LogP contribution in [-0.4, -0.2) is 71.2 Å². The maximum Gasteiger partial charge on any atom is 0.274 e. The molecule has 2 saturated carbocycles. The molecule has 11 heteroatoms. The van der Waals surface area contributed by atoms with Crippen LogP contribution in [0.4, 0.5) is 0 Å². The molecule has 10 nitrogen and oxygen atoms in total. The highest BCUT2D eigenvalue weighted by atomic mass is 32.2. The summed E-state index contributed by atoms with van der Waals surface area (Å²) in [6, 6.07) is 16.3. The third-order valence-corrected chi connectivity index (χ3v) is 12.7. The second-order valence-electron chi connectivity index (χ2n) is 17.6. The van der Waals surface area contributed by atoms with Crippen LogP contribution in [0, 0.1) is 23.2 Å². The minimum atomic E-state index is -2.94. The number of nitrogens with one attached hydrogen (secondary N) is 1. The maximum absolute atomic E-state index is 12.7. The molecule has 0 aliphatic heterocycles. The van der Waals surface area contributed by atoms with Gasteiger partial charge in [-0.3, -0.25) is 14.6 Å². The fraction of sp³-hybridized carbons (Fsp3) is 0.571. The number of hydrogen-bond donors (Lipinski definition) is 1. The lowest BCUT2D eigenvalue weighted by molar-refractivity contribution is -0.128. The van der Waals surface area contributed by atoms with Gasteiger partial charge in [0.1, 0.15) is 17.5 Å². The number of fused-ring (bicyclic) bond motifs is 3. The third kappa shape index (κ3) is 16.7. The Hall–Kier alpha value is -4.22. The first kappa shape index (κ1) is 53.8. The highest BCUT2D eigenvalue weighted by Gasteiger charge is 2.37. The van der Waals surface area contributed by atoms with E-state index in [1.807, 2.05) is 53.7 Å². The summed E-state index contributed by atoms with van der Waals surface area (Å²) < 4.78 is 24.7. The average Bonchev–Trinajstić information content (AvgIpc) is 4.02. The molecule has 1 amide bonds. The van der Waals surface area contributed by atoms with Crippen LogP contribution in [0.2, 0.25) is 0 Å². The quantitative estimate of drug-likeness (QED) is 0.124. The Kier molecular flexibility index (Phi) is 22.9. The van der Waals surface area contributed by atoms with Gasteiger partial charge in [0.05, 0.1) is 17.5 Å². The molecule has 0 spiro atoms. The number of rotatable bonds is 10. The Morgan fingerprint density at radius 3 is 1.68 bits per heavy atom. The van der Waals surface area contributed by atoms with Crippen molar-refractivity contribution >= 4 is 27.4 Å². The van der Waals surface area contributed by atoms with Gasteiger partial charge in [-0.25, -0.2) is 18.1 Å². The van der Waals surface area contributed by atoms with Crippen molar-refractivity contribution in [1.82, 2.24) is 19.6 Å². The van der Waals surface area contributed by atoms with Crippen molar-refractivity contribution in [2.75, 3.05) is 7.05 Å². The summed E-state index contributed by atoms with van der Waals surface area (Å²) in [7, 11) is -1.22. The van der Waals surface area contributed by atoms with Crippen LogP contribution in [0.3, 0.4) is 0 Å². The van der Waals surface area contributed by atoms with Gasteiger partial charge in [0.15, 0.2) is 5.78 Å². The molecule has 2 fully saturated rings. The van der Waals surface area contributed by atoms with E-state index in [0.717, 1.165) is 61.3 Å². The first-order valence-electron chi connectivity index (χ1n) is 21.3. The minimum absolute atomic E-state index is 0. The van der Waals surface area contributed by atoms with Crippen molar-refractivity contribution in [3.63, 3.8) is 0 Å². The highest BCUT2D eigenvalue weighted by molar-refractivity contribution is 7.90. The number of amides is 1. The van der Waals surface area contributed by atoms with Crippen molar-refractivity contribution in [3.05, 3.63) is 97.1 Å².